The molecule has 2 amide bonds. The van der Waals surface area contributed by atoms with Gasteiger partial charge in [-0.15, -0.1) is 0 Å². The van der Waals surface area contributed by atoms with Crippen LogP contribution in [0.25, 0.3) is 0 Å². The number of imide groups is 1. The van der Waals surface area contributed by atoms with Gasteiger partial charge in [-0.2, -0.15) is 0 Å². The number of rotatable bonds is 6. The van der Waals surface area contributed by atoms with Gasteiger partial charge in [0, 0.05) is 25.2 Å². The molecule has 1 aliphatic rings. The SMILES string of the molecule is O=C1C=CC(=O)N1SN(Cc1ccccc1)Cc1ccccc1. The largest absolute Gasteiger partial charge is 0.268 e. The number of carbonyl (C=O) groups is 2. The summed E-state index contributed by atoms with van der Waals surface area (Å²) in [5, 5.41) is 0. The molecule has 0 spiro atoms. The molecule has 0 saturated heterocycles. The Kier molecular flexibility index (Phi) is 4.90. The maximum Gasteiger partial charge on any atom is 0.264 e. The van der Waals surface area contributed by atoms with Gasteiger partial charge in [0.15, 0.2) is 0 Å². The third-order valence-electron chi connectivity index (χ3n) is 3.37. The fraction of sp³-hybridized carbons (Fsp3) is 0.111. The van der Waals surface area contributed by atoms with Gasteiger partial charge in [0.25, 0.3) is 11.8 Å². The summed E-state index contributed by atoms with van der Waals surface area (Å²) in [6.07, 6.45) is 2.61. The lowest BCUT2D eigenvalue weighted by molar-refractivity contribution is -0.130. The first kappa shape index (κ1) is 15.5. The fourth-order valence-electron chi connectivity index (χ4n) is 2.27. The Morgan fingerprint density at radius 2 is 1.17 bits per heavy atom. The van der Waals surface area contributed by atoms with Crippen LogP contribution in [0.3, 0.4) is 0 Å². The van der Waals surface area contributed by atoms with E-state index in [1.165, 1.54) is 16.5 Å². The summed E-state index contributed by atoms with van der Waals surface area (Å²) < 4.78 is 3.19. The Hall–Kier alpha value is -2.37. The van der Waals surface area contributed by atoms with Gasteiger partial charge in [0.1, 0.15) is 0 Å². The Labute approximate surface area is 139 Å². The minimum atomic E-state index is -0.286. The highest BCUT2D eigenvalue weighted by Gasteiger charge is 2.27. The minimum Gasteiger partial charge on any atom is -0.268 e. The number of carbonyl (C=O) groups excluding carboxylic acids is 2. The summed E-state index contributed by atoms with van der Waals surface area (Å²) >= 11 is 1.16. The molecule has 1 aliphatic heterocycles. The monoisotopic (exact) mass is 324 g/mol. The average Bonchev–Trinajstić information content (AvgIpc) is 2.89. The van der Waals surface area contributed by atoms with Crippen molar-refractivity contribution < 1.29 is 9.59 Å². The molecule has 2 aromatic carbocycles. The highest BCUT2D eigenvalue weighted by atomic mass is 32.2. The van der Waals surface area contributed by atoms with Gasteiger partial charge in [0.05, 0.1) is 12.1 Å². The molecule has 5 heteroatoms. The molecule has 0 saturated carbocycles. The van der Waals surface area contributed by atoms with Crippen molar-refractivity contribution in [2.45, 2.75) is 13.1 Å². The van der Waals surface area contributed by atoms with E-state index in [9.17, 15) is 9.59 Å². The van der Waals surface area contributed by atoms with Crippen LogP contribution >= 0.6 is 12.1 Å². The lowest BCUT2D eigenvalue weighted by Gasteiger charge is -2.24. The summed E-state index contributed by atoms with van der Waals surface area (Å²) in [5.41, 5.74) is 2.26. The molecule has 0 fully saturated rings. The molecule has 0 N–H and O–H groups in total. The summed E-state index contributed by atoms with van der Waals surface area (Å²) in [6, 6.07) is 20.0. The van der Waals surface area contributed by atoms with Crippen molar-refractivity contribution in [2.75, 3.05) is 0 Å². The summed E-state index contributed by atoms with van der Waals surface area (Å²) in [7, 11) is 0. The smallest absolute Gasteiger partial charge is 0.264 e. The van der Waals surface area contributed by atoms with E-state index in [1.54, 1.807) is 0 Å². The lowest BCUT2D eigenvalue weighted by Crippen LogP contribution is -2.29. The van der Waals surface area contributed by atoms with Crippen molar-refractivity contribution in [3.63, 3.8) is 0 Å². The maximum absolute atomic E-state index is 11.8. The van der Waals surface area contributed by atoms with E-state index in [1.807, 2.05) is 65.0 Å². The molecule has 4 nitrogen and oxygen atoms in total. The maximum atomic E-state index is 11.8. The van der Waals surface area contributed by atoms with E-state index in [0.29, 0.717) is 13.1 Å². The van der Waals surface area contributed by atoms with Crippen LogP contribution in [0, 0.1) is 0 Å². The van der Waals surface area contributed by atoms with Crippen molar-refractivity contribution in [3.05, 3.63) is 83.9 Å². The topological polar surface area (TPSA) is 40.6 Å². The quantitative estimate of drug-likeness (QED) is 0.604. The van der Waals surface area contributed by atoms with Crippen LogP contribution in [0.4, 0.5) is 0 Å². The van der Waals surface area contributed by atoms with Crippen LogP contribution in [-0.2, 0) is 22.7 Å². The first-order chi connectivity index (χ1) is 11.2. The minimum absolute atomic E-state index is 0.286. The Morgan fingerprint density at radius 1 is 0.739 bits per heavy atom. The molecule has 0 aromatic heterocycles. The Bertz CT molecular complexity index is 657. The average molecular weight is 324 g/mol. The highest BCUT2D eigenvalue weighted by molar-refractivity contribution is 7.95. The number of amides is 2. The van der Waals surface area contributed by atoms with Gasteiger partial charge in [-0.3, -0.25) is 9.59 Å². The summed E-state index contributed by atoms with van der Waals surface area (Å²) in [5.74, 6) is -0.572. The molecule has 116 valence electrons. The second-order valence-electron chi connectivity index (χ2n) is 5.16. The molecule has 0 aliphatic carbocycles. The first-order valence-electron chi connectivity index (χ1n) is 7.29. The van der Waals surface area contributed by atoms with Crippen molar-refractivity contribution >= 4 is 23.9 Å². The zero-order valence-electron chi connectivity index (χ0n) is 12.5. The number of hydrogen-bond acceptors (Lipinski definition) is 4. The van der Waals surface area contributed by atoms with Crippen LogP contribution in [0.5, 0.6) is 0 Å². The van der Waals surface area contributed by atoms with Crippen LogP contribution in [0.1, 0.15) is 11.1 Å². The molecule has 0 bridgehead atoms. The van der Waals surface area contributed by atoms with Crippen molar-refractivity contribution in [1.82, 2.24) is 8.61 Å². The second kappa shape index (κ2) is 7.26. The van der Waals surface area contributed by atoms with Gasteiger partial charge in [-0.05, 0) is 11.1 Å². The van der Waals surface area contributed by atoms with Crippen LogP contribution < -0.4 is 0 Å². The molecule has 0 atom stereocenters. The molecule has 0 unspecified atom stereocenters. The molecule has 0 radical (unpaired) electrons. The van der Waals surface area contributed by atoms with Gasteiger partial charge < -0.3 is 0 Å². The van der Waals surface area contributed by atoms with Crippen LogP contribution in [0.2, 0.25) is 0 Å². The van der Waals surface area contributed by atoms with E-state index < -0.39 is 0 Å². The Morgan fingerprint density at radius 3 is 1.61 bits per heavy atom. The fourth-order valence-corrected chi connectivity index (χ4v) is 3.20. The van der Waals surface area contributed by atoms with Crippen LogP contribution in [0.15, 0.2) is 72.8 Å². The number of nitrogens with zero attached hydrogens (tertiary/aromatic N) is 2. The molecular weight excluding hydrogens is 308 g/mol. The highest BCUT2D eigenvalue weighted by Crippen LogP contribution is 2.25. The molecular formula is C18H16N2O2S. The van der Waals surface area contributed by atoms with Gasteiger partial charge in [-0.25, -0.2) is 8.61 Å². The third-order valence-corrected chi connectivity index (χ3v) is 4.38. The zero-order valence-corrected chi connectivity index (χ0v) is 13.3. The predicted octanol–water partition coefficient (Wildman–Crippen LogP) is 3.18. The van der Waals surface area contributed by atoms with Crippen molar-refractivity contribution in [3.8, 4) is 0 Å². The molecule has 1 heterocycles. The molecule has 2 aromatic rings. The first-order valence-corrected chi connectivity index (χ1v) is 8.02. The summed E-state index contributed by atoms with van der Waals surface area (Å²) in [4.78, 5) is 23.6. The van der Waals surface area contributed by atoms with Gasteiger partial charge in [0.2, 0.25) is 0 Å². The number of benzene rings is 2. The van der Waals surface area contributed by atoms with E-state index in [4.69, 9.17) is 0 Å². The van der Waals surface area contributed by atoms with E-state index >= 15 is 0 Å². The van der Waals surface area contributed by atoms with Crippen molar-refractivity contribution in [2.24, 2.45) is 0 Å². The molecule has 3 rings (SSSR count). The van der Waals surface area contributed by atoms with E-state index in [-0.39, 0.29) is 11.8 Å². The lowest BCUT2D eigenvalue weighted by atomic mass is 10.2. The van der Waals surface area contributed by atoms with Crippen molar-refractivity contribution in [1.29, 1.82) is 0 Å². The standard InChI is InChI=1S/C18H16N2O2S/c21-17-11-12-18(22)20(17)23-19(13-15-7-3-1-4-8-15)14-16-9-5-2-6-10-16/h1-12H,13-14H2. The second-order valence-corrected chi connectivity index (χ2v) is 6.20. The van der Waals surface area contributed by atoms with E-state index in [2.05, 4.69) is 0 Å². The third kappa shape index (κ3) is 4.09. The van der Waals surface area contributed by atoms with Gasteiger partial charge in [-0.1, -0.05) is 60.7 Å². The van der Waals surface area contributed by atoms with Crippen LogP contribution in [-0.4, -0.2) is 20.4 Å². The predicted molar refractivity (Wildman–Crippen MR) is 90.7 cm³/mol. The zero-order chi connectivity index (χ0) is 16.1. The number of hydrogen-bond donors (Lipinski definition) is 0. The Balaban J connectivity index is 1.75. The van der Waals surface area contributed by atoms with Gasteiger partial charge >= 0.3 is 0 Å². The summed E-state index contributed by atoms with van der Waals surface area (Å²) in [6.45, 7) is 1.27. The van der Waals surface area contributed by atoms with E-state index in [0.717, 1.165) is 23.3 Å². The normalized spacial score (nSPS) is 14.0. The molecule has 23 heavy (non-hydrogen) atoms.